The van der Waals surface area contributed by atoms with Gasteiger partial charge in [-0.25, -0.2) is 17.7 Å². The molecule has 0 aliphatic carbocycles. The van der Waals surface area contributed by atoms with E-state index in [0.29, 0.717) is 31.5 Å². The van der Waals surface area contributed by atoms with Crippen molar-refractivity contribution in [2.75, 3.05) is 19.3 Å². The number of piperidine rings is 1. The third kappa shape index (κ3) is 4.04. The SMILES string of the molecule is Cc1nc2cc(C(=O)NC3CCN(S(C)(=O)=O)CC3)ccc2n1-c1ccccc1. The highest BCUT2D eigenvalue weighted by atomic mass is 32.2. The fourth-order valence-electron chi connectivity index (χ4n) is 3.85. The van der Waals surface area contributed by atoms with Crippen LogP contribution in [0.5, 0.6) is 0 Å². The van der Waals surface area contributed by atoms with Gasteiger partial charge >= 0.3 is 0 Å². The minimum atomic E-state index is -3.17. The summed E-state index contributed by atoms with van der Waals surface area (Å²) in [7, 11) is -3.17. The standard InChI is InChI=1S/C21H24N4O3S/c1-15-22-19-14-16(8-9-20(19)25(15)18-6-4-3-5-7-18)21(26)23-17-10-12-24(13-11-17)29(2,27)28/h3-9,14,17H,10-13H2,1-2H3,(H,23,26). The van der Waals surface area contributed by atoms with Crippen molar-refractivity contribution in [3.63, 3.8) is 0 Å². The Bertz CT molecular complexity index is 1150. The number of aromatic nitrogens is 2. The minimum absolute atomic E-state index is 0.0280. The van der Waals surface area contributed by atoms with E-state index in [0.717, 1.165) is 22.5 Å². The number of nitrogens with one attached hydrogen (secondary N) is 1. The van der Waals surface area contributed by atoms with Gasteiger partial charge in [0.25, 0.3) is 5.91 Å². The lowest BCUT2D eigenvalue weighted by Crippen LogP contribution is -2.46. The fourth-order valence-corrected chi connectivity index (χ4v) is 4.72. The largest absolute Gasteiger partial charge is 0.349 e. The van der Waals surface area contributed by atoms with Gasteiger partial charge in [0.2, 0.25) is 10.0 Å². The first-order chi connectivity index (χ1) is 13.8. The third-order valence-corrected chi connectivity index (χ3v) is 6.66. The Morgan fingerprint density at radius 1 is 1.10 bits per heavy atom. The maximum atomic E-state index is 12.7. The molecule has 152 valence electrons. The molecule has 4 rings (SSSR count). The zero-order valence-corrected chi connectivity index (χ0v) is 17.3. The molecule has 0 saturated carbocycles. The van der Waals surface area contributed by atoms with Gasteiger partial charge in [-0.1, -0.05) is 18.2 Å². The molecule has 29 heavy (non-hydrogen) atoms. The number of hydrogen-bond acceptors (Lipinski definition) is 4. The predicted molar refractivity (Wildman–Crippen MR) is 113 cm³/mol. The zero-order chi connectivity index (χ0) is 20.6. The molecule has 0 bridgehead atoms. The monoisotopic (exact) mass is 412 g/mol. The lowest BCUT2D eigenvalue weighted by molar-refractivity contribution is 0.0924. The Hall–Kier alpha value is -2.71. The molecule has 0 unspecified atom stereocenters. The average molecular weight is 413 g/mol. The van der Waals surface area contributed by atoms with Gasteiger partial charge in [0, 0.05) is 30.4 Å². The summed E-state index contributed by atoms with van der Waals surface area (Å²) in [5, 5.41) is 3.03. The summed E-state index contributed by atoms with van der Waals surface area (Å²) in [5.74, 6) is 0.702. The predicted octanol–water partition coefficient (Wildman–Crippen LogP) is 2.49. The molecule has 1 aromatic heterocycles. The average Bonchev–Trinajstić information content (AvgIpc) is 3.03. The van der Waals surface area contributed by atoms with Gasteiger partial charge in [0.15, 0.2) is 0 Å². The van der Waals surface area contributed by atoms with E-state index in [-0.39, 0.29) is 11.9 Å². The van der Waals surface area contributed by atoms with E-state index in [2.05, 4.69) is 14.9 Å². The first-order valence-corrected chi connectivity index (χ1v) is 11.5. The number of carbonyl (C=O) groups excluding carboxylic acids is 1. The highest BCUT2D eigenvalue weighted by Gasteiger charge is 2.26. The van der Waals surface area contributed by atoms with Crippen LogP contribution in [0.2, 0.25) is 0 Å². The Labute approximate surface area is 170 Å². The van der Waals surface area contributed by atoms with Crippen molar-refractivity contribution in [3.8, 4) is 5.69 Å². The third-order valence-electron chi connectivity index (χ3n) is 5.36. The van der Waals surface area contributed by atoms with Crippen molar-refractivity contribution in [1.82, 2.24) is 19.2 Å². The van der Waals surface area contributed by atoms with Gasteiger partial charge in [-0.2, -0.15) is 0 Å². The minimum Gasteiger partial charge on any atom is -0.349 e. The molecular formula is C21H24N4O3S. The summed E-state index contributed by atoms with van der Waals surface area (Å²) in [6, 6.07) is 15.5. The molecule has 1 saturated heterocycles. The molecule has 7 nitrogen and oxygen atoms in total. The highest BCUT2D eigenvalue weighted by Crippen LogP contribution is 2.22. The second-order valence-electron chi connectivity index (χ2n) is 7.44. The van der Waals surface area contributed by atoms with Gasteiger partial charge in [-0.3, -0.25) is 9.36 Å². The van der Waals surface area contributed by atoms with Gasteiger partial charge in [0.1, 0.15) is 5.82 Å². The molecule has 1 amide bonds. The topological polar surface area (TPSA) is 84.3 Å². The normalized spacial score (nSPS) is 16.2. The Morgan fingerprint density at radius 2 is 1.79 bits per heavy atom. The lowest BCUT2D eigenvalue weighted by atomic mass is 10.1. The zero-order valence-electron chi connectivity index (χ0n) is 16.5. The molecular weight excluding hydrogens is 388 g/mol. The summed E-state index contributed by atoms with van der Waals surface area (Å²) in [5.41, 5.74) is 3.31. The molecule has 1 aliphatic heterocycles. The molecule has 1 N–H and O–H groups in total. The molecule has 2 heterocycles. The van der Waals surface area contributed by atoms with Crippen LogP contribution in [0.3, 0.4) is 0 Å². The van der Waals surface area contributed by atoms with Crippen LogP contribution in [0, 0.1) is 6.92 Å². The van der Waals surface area contributed by atoms with E-state index in [4.69, 9.17) is 0 Å². The maximum absolute atomic E-state index is 12.7. The number of fused-ring (bicyclic) bond motifs is 1. The number of benzene rings is 2. The van der Waals surface area contributed by atoms with Crippen LogP contribution < -0.4 is 5.32 Å². The van der Waals surface area contributed by atoms with Crippen LogP contribution in [0.1, 0.15) is 29.0 Å². The molecule has 8 heteroatoms. The molecule has 1 aliphatic rings. The number of nitrogens with zero attached hydrogens (tertiary/aromatic N) is 3. The number of rotatable bonds is 4. The molecule has 0 radical (unpaired) electrons. The fraction of sp³-hybridized carbons (Fsp3) is 0.333. The van der Waals surface area contributed by atoms with Crippen molar-refractivity contribution in [2.45, 2.75) is 25.8 Å². The van der Waals surface area contributed by atoms with E-state index in [1.54, 1.807) is 0 Å². The van der Waals surface area contributed by atoms with Gasteiger partial charge in [0.05, 0.1) is 17.3 Å². The van der Waals surface area contributed by atoms with Crippen LogP contribution in [0.15, 0.2) is 48.5 Å². The summed E-state index contributed by atoms with van der Waals surface area (Å²) >= 11 is 0. The van der Waals surface area contributed by atoms with Crippen LogP contribution >= 0.6 is 0 Å². The second kappa shape index (κ2) is 7.61. The molecule has 2 aromatic carbocycles. The summed E-state index contributed by atoms with van der Waals surface area (Å²) in [6.07, 6.45) is 2.45. The number of imidazole rings is 1. The number of amides is 1. The number of aryl methyl sites for hydroxylation is 1. The molecule has 0 spiro atoms. The molecule has 1 fully saturated rings. The van der Waals surface area contributed by atoms with E-state index < -0.39 is 10.0 Å². The maximum Gasteiger partial charge on any atom is 0.251 e. The smallest absolute Gasteiger partial charge is 0.251 e. The van der Waals surface area contributed by atoms with Crippen LogP contribution in [0.25, 0.3) is 16.7 Å². The van der Waals surface area contributed by atoms with E-state index >= 15 is 0 Å². The Morgan fingerprint density at radius 3 is 2.45 bits per heavy atom. The second-order valence-corrected chi connectivity index (χ2v) is 9.43. The Balaban J connectivity index is 1.51. The van der Waals surface area contributed by atoms with E-state index in [9.17, 15) is 13.2 Å². The molecule has 3 aromatic rings. The molecule has 0 atom stereocenters. The number of carbonyl (C=O) groups is 1. The summed E-state index contributed by atoms with van der Waals surface area (Å²) in [6.45, 7) is 2.81. The van der Waals surface area contributed by atoms with Crippen molar-refractivity contribution < 1.29 is 13.2 Å². The van der Waals surface area contributed by atoms with Crippen molar-refractivity contribution in [3.05, 3.63) is 59.9 Å². The van der Waals surface area contributed by atoms with Gasteiger partial charge < -0.3 is 5.32 Å². The number of hydrogen-bond donors (Lipinski definition) is 1. The van der Waals surface area contributed by atoms with Gasteiger partial charge in [-0.05, 0) is 50.1 Å². The van der Waals surface area contributed by atoms with Crippen LogP contribution in [-0.2, 0) is 10.0 Å². The summed E-state index contributed by atoms with van der Waals surface area (Å²) < 4.78 is 26.8. The highest BCUT2D eigenvalue weighted by molar-refractivity contribution is 7.88. The first kappa shape index (κ1) is 19.6. The number of para-hydroxylation sites is 1. The van der Waals surface area contributed by atoms with Crippen molar-refractivity contribution in [1.29, 1.82) is 0 Å². The quantitative estimate of drug-likeness (QED) is 0.714. The van der Waals surface area contributed by atoms with E-state index in [1.165, 1.54) is 10.6 Å². The van der Waals surface area contributed by atoms with Gasteiger partial charge in [-0.15, -0.1) is 0 Å². The van der Waals surface area contributed by atoms with Crippen LogP contribution in [-0.4, -0.2) is 53.6 Å². The van der Waals surface area contributed by atoms with Crippen LogP contribution in [0.4, 0.5) is 0 Å². The first-order valence-electron chi connectivity index (χ1n) is 9.63. The Kier molecular flexibility index (Phi) is 5.14. The van der Waals surface area contributed by atoms with E-state index in [1.807, 2.05) is 55.5 Å². The van der Waals surface area contributed by atoms with Crippen molar-refractivity contribution in [2.24, 2.45) is 0 Å². The lowest BCUT2D eigenvalue weighted by Gasteiger charge is -2.30. The number of sulfonamides is 1. The summed E-state index contributed by atoms with van der Waals surface area (Å²) in [4.78, 5) is 17.3. The van der Waals surface area contributed by atoms with Crippen molar-refractivity contribution >= 4 is 27.0 Å².